The lowest BCUT2D eigenvalue weighted by Crippen LogP contribution is -2.46. The van der Waals surface area contributed by atoms with E-state index < -0.39 is 5.60 Å². The summed E-state index contributed by atoms with van der Waals surface area (Å²) in [6.07, 6.45) is 2.70. The maximum absolute atomic E-state index is 12.3. The second-order valence-electron chi connectivity index (χ2n) is 8.75. The molecule has 0 atom stereocenters. The molecule has 0 bridgehead atoms. The predicted octanol–water partition coefficient (Wildman–Crippen LogP) is 4.10. The molecule has 1 saturated heterocycles. The van der Waals surface area contributed by atoms with Crippen LogP contribution in [0.25, 0.3) is 0 Å². The first kappa shape index (κ1) is 22.3. The quantitative estimate of drug-likeness (QED) is 0.398. The number of nitrogens with zero attached hydrogens (tertiary/aromatic N) is 4. The molecule has 1 heterocycles. The fourth-order valence-electron chi connectivity index (χ4n) is 2.61. The van der Waals surface area contributed by atoms with Crippen molar-refractivity contribution in [1.82, 2.24) is 9.91 Å². The monoisotopic (exact) mass is 372 g/mol. The molecule has 152 valence electrons. The molecule has 0 saturated carbocycles. The summed E-state index contributed by atoms with van der Waals surface area (Å²) in [6.45, 7) is 15.3. The number of carbonyl (C=O) groups excluding carboxylic acids is 1. The van der Waals surface area contributed by atoms with Crippen molar-refractivity contribution in [2.24, 2.45) is 5.28 Å². The molecule has 1 aliphatic rings. The summed E-state index contributed by atoms with van der Waals surface area (Å²) in [5.74, 6) is 0. The average Bonchev–Trinajstić information content (AvgIpc) is 2.51. The Morgan fingerprint density at radius 2 is 1.81 bits per heavy atom. The Hall–Kier alpha value is -1.73. The van der Waals surface area contributed by atoms with Gasteiger partial charge in [-0.05, 0) is 48.0 Å². The lowest BCUT2D eigenvalue weighted by molar-refractivity contribution is -0.726. The number of rotatable bonds is 6. The zero-order chi connectivity index (χ0) is 20.0. The fourth-order valence-corrected chi connectivity index (χ4v) is 2.61. The Bertz CT molecular complexity index is 475. The third-order valence-electron chi connectivity index (χ3n) is 4.06. The Labute approximate surface area is 157 Å². The molecule has 0 unspecified atom stereocenters. The molecule has 1 rings (SSSR count). The van der Waals surface area contributed by atoms with Crippen LogP contribution in [0.1, 0.15) is 74.1 Å². The highest BCUT2D eigenvalue weighted by Crippen LogP contribution is 2.19. The molecule has 1 aliphatic heterocycles. The minimum atomic E-state index is -0.502. The highest BCUT2D eigenvalue weighted by atomic mass is 16.7. The van der Waals surface area contributed by atoms with Crippen LogP contribution in [0.2, 0.25) is 0 Å². The minimum absolute atomic E-state index is 0.168. The van der Waals surface area contributed by atoms with E-state index in [0.717, 1.165) is 12.8 Å². The number of carbonyl (C=O) groups is 1. The summed E-state index contributed by atoms with van der Waals surface area (Å²) in [7, 11) is 0. The topological polar surface area (TPSA) is 80.4 Å². The first-order valence-corrected chi connectivity index (χ1v) is 9.53. The number of hydrogen-bond acceptors (Lipinski definition) is 5. The molecule has 0 aromatic rings. The summed E-state index contributed by atoms with van der Waals surface area (Å²) in [4.78, 5) is 19.7. The van der Waals surface area contributed by atoms with Crippen LogP contribution in [0.15, 0.2) is 5.28 Å². The second-order valence-corrected chi connectivity index (χ2v) is 8.75. The largest absolute Gasteiger partial charge is 0.569 e. The average molecular weight is 373 g/mol. The standard InChI is InChI=1S/C18H36N4O4/c1-8-9-12-21(17(2,3)4)22(24)19-26-15-10-13-20(14-11-15)16(23)25-18(5,6)7/h15H,8-14H2,1-7H3/b22-19+. The molecule has 0 N–H and O–H groups in total. The lowest BCUT2D eigenvalue weighted by Gasteiger charge is -2.32. The summed E-state index contributed by atoms with van der Waals surface area (Å²) < 4.78 is 5.37. The van der Waals surface area contributed by atoms with E-state index in [-0.39, 0.29) is 17.7 Å². The highest BCUT2D eigenvalue weighted by Gasteiger charge is 2.30. The Balaban J connectivity index is 2.53. The van der Waals surface area contributed by atoms with Crippen molar-refractivity contribution in [1.29, 1.82) is 0 Å². The molecule has 8 heteroatoms. The minimum Gasteiger partial charge on any atom is -0.569 e. The van der Waals surface area contributed by atoms with Gasteiger partial charge in [0.2, 0.25) is 5.28 Å². The number of piperidine rings is 1. The molecule has 0 aliphatic carbocycles. The van der Waals surface area contributed by atoms with E-state index in [0.29, 0.717) is 37.4 Å². The van der Waals surface area contributed by atoms with Gasteiger partial charge in [-0.3, -0.25) is 0 Å². The normalized spacial score (nSPS) is 17.2. The Morgan fingerprint density at radius 1 is 1.23 bits per heavy atom. The summed E-state index contributed by atoms with van der Waals surface area (Å²) >= 11 is 0. The number of amides is 1. The van der Waals surface area contributed by atoms with Crippen LogP contribution in [-0.4, -0.2) is 57.8 Å². The van der Waals surface area contributed by atoms with E-state index in [4.69, 9.17) is 9.57 Å². The van der Waals surface area contributed by atoms with Crippen LogP contribution in [0.3, 0.4) is 0 Å². The van der Waals surface area contributed by atoms with Crippen LogP contribution in [0.5, 0.6) is 0 Å². The summed E-state index contributed by atoms with van der Waals surface area (Å²) in [5, 5.41) is 17.8. The number of hydrazine groups is 1. The molecular weight excluding hydrogens is 336 g/mol. The van der Waals surface area contributed by atoms with Crippen molar-refractivity contribution in [3.05, 3.63) is 5.21 Å². The highest BCUT2D eigenvalue weighted by molar-refractivity contribution is 5.68. The third-order valence-corrected chi connectivity index (χ3v) is 4.06. The van der Waals surface area contributed by atoms with Gasteiger partial charge in [0.1, 0.15) is 11.7 Å². The van der Waals surface area contributed by atoms with Gasteiger partial charge in [0.05, 0.1) is 17.1 Å². The lowest BCUT2D eigenvalue weighted by atomic mass is 10.1. The molecule has 26 heavy (non-hydrogen) atoms. The Morgan fingerprint density at radius 3 is 2.27 bits per heavy atom. The fraction of sp³-hybridized carbons (Fsp3) is 0.944. The summed E-state index contributed by atoms with van der Waals surface area (Å²) in [6, 6.07) is 0. The van der Waals surface area contributed by atoms with E-state index >= 15 is 0 Å². The van der Waals surface area contributed by atoms with E-state index in [1.165, 1.54) is 0 Å². The van der Waals surface area contributed by atoms with Gasteiger partial charge >= 0.3 is 6.09 Å². The molecule has 0 aromatic heterocycles. The van der Waals surface area contributed by atoms with E-state index in [1.807, 2.05) is 41.5 Å². The van der Waals surface area contributed by atoms with Crippen molar-refractivity contribution in [2.75, 3.05) is 19.6 Å². The van der Waals surface area contributed by atoms with Crippen LogP contribution >= 0.6 is 0 Å². The van der Waals surface area contributed by atoms with Gasteiger partial charge in [-0.1, -0.05) is 13.3 Å². The zero-order valence-electron chi connectivity index (χ0n) is 17.4. The number of hydrogen-bond donors (Lipinski definition) is 0. The SMILES string of the molecule is CCCCN(/[N+]([O-])=N\OC1CCN(C(=O)OC(C)(C)C)CC1)C(C)(C)C. The molecule has 8 nitrogen and oxygen atoms in total. The molecule has 0 radical (unpaired) electrons. The van der Waals surface area contributed by atoms with E-state index in [1.54, 1.807) is 9.91 Å². The van der Waals surface area contributed by atoms with Crippen LogP contribution < -0.4 is 0 Å². The number of ether oxygens (including phenoxy) is 1. The maximum Gasteiger partial charge on any atom is 0.410 e. The number of unbranched alkanes of at least 4 members (excludes halogenated alkanes) is 1. The third kappa shape index (κ3) is 7.66. The molecule has 1 amide bonds. The van der Waals surface area contributed by atoms with Gasteiger partial charge in [0.25, 0.3) is 0 Å². The van der Waals surface area contributed by atoms with Gasteiger partial charge < -0.3 is 19.7 Å². The van der Waals surface area contributed by atoms with Crippen molar-refractivity contribution in [3.63, 3.8) is 0 Å². The van der Waals surface area contributed by atoms with Crippen molar-refractivity contribution in [2.45, 2.75) is 91.4 Å². The first-order chi connectivity index (χ1) is 11.9. The molecule has 1 fully saturated rings. The van der Waals surface area contributed by atoms with Gasteiger partial charge in [0.15, 0.2) is 0 Å². The van der Waals surface area contributed by atoms with E-state index in [2.05, 4.69) is 12.2 Å². The van der Waals surface area contributed by atoms with E-state index in [9.17, 15) is 10.0 Å². The van der Waals surface area contributed by atoms with Gasteiger partial charge in [-0.15, -0.1) is 5.01 Å². The molecule has 0 aromatic carbocycles. The van der Waals surface area contributed by atoms with Crippen molar-refractivity contribution >= 4 is 6.09 Å². The molecule has 0 spiro atoms. The predicted molar refractivity (Wildman–Crippen MR) is 99.3 cm³/mol. The van der Waals surface area contributed by atoms with Crippen LogP contribution in [0, 0.1) is 5.21 Å². The second kappa shape index (κ2) is 9.28. The van der Waals surface area contributed by atoms with Crippen molar-refractivity contribution in [3.8, 4) is 0 Å². The van der Waals surface area contributed by atoms with Crippen LogP contribution in [0.4, 0.5) is 4.79 Å². The first-order valence-electron chi connectivity index (χ1n) is 9.53. The van der Waals surface area contributed by atoms with Crippen LogP contribution in [-0.2, 0) is 9.57 Å². The zero-order valence-corrected chi connectivity index (χ0v) is 17.4. The Kier molecular flexibility index (Phi) is 7.96. The number of likely N-dealkylation sites (tertiary alicyclic amines) is 1. The maximum atomic E-state index is 12.3. The van der Waals surface area contributed by atoms with Gasteiger partial charge in [0, 0.05) is 25.9 Å². The molecular formula is C18H36N4O4. The van der Waals surface area contributed by atoms with Gasteiger partial charge in [-0.2, -0.15) is 0 Å². The summed E-state index contributed by atoms with van der Waals surface area (Å²) in [5.41, 5.74) is -0.832. The smallest absolute Gasteiger partial charge is 0.410 e. The van der Waals surface area contributed by atoms with Gasteiger partial charge in [-0.25, -0.2) is 4.79 Å². The van der Waals surface area contributed by atoms with Crippen molar-refractivity contribution < 1.29 is 19.3 Å².